The Hall–Kier alpha value is -1.07. The zero-order valence-electron chi connectivity index (χ0n) is 14.1. The van der Waals surface area contributed by atoms with Crippen molar-refractivity contribution in [1.82, 2.24) is 10.2 Å². The predicted molar refractivity (Wildman–Crippen MR) is 97.1 cm³/mol. The van der Waals surface area contributed by atoms with E-state index in [2.05, 4.69) is 33.1 Å². The number of rotatable bonds is 7. The number of hydrogen-bond donors (Lipinski definition) is 1. The van der Waals surface area contributed by atoms with Gasteiger partial charge in [0.05, 0.1) is 11.6 Å². The molecule has 0 bridgehead atoms. The first kappa shape index (κ1) is 18.3. The summed E-state index contributed by atoms with van der Waals surface area (Å²) in [6.45, 7) is 6.67. The van der Waals surface area contributed by atoms with Gasteiger partial charge < -0.3 is 15.0 Å². The van der Waals surface area contributed by atoms with Crippen LogP contribution in [0.5, 0.6) is 5.75 Å². The summed E-state index contributed by atoms with van der Waals surface area (Å²) >= 11 is 3.41. The van der Waals surface area contributed by atoms with E-state index in [0.29, 0.717) is 5.56 Å². The Balaban J connectivity index is 1.65. The van der Waals surface area contributed by atoms with Crippen molar-refractivity contribution in [3.8, 4) is 5.75 Å². The van der Waals surface area contributed by atoms with Crippen LogP contribution < -0.4 is 10.1 Å². The van der Waals surface area contributed by atoms with Gasteiger partial charge in [-0.1, -0.05) is 6.92 Å². The summed E-state index contributed by atoms with van der Waals surface area (Å²) in [6, 6.07) is 5.38. The highest BCUT2D eigenvalue weighted by Gasteiger charge is 2.15. The molecule has 1 N–H and O–H groups in total. The van der Waals surface area contributed by atoms with Gasteiger partial charge >= 0.3 is 0 Å². The number of nitrogens with one attached hydrogen (secondary N) is 1. The lowest BCUT2D eigenvalue weighted by Gasteiger charge is -2.30. The molecule has 1 heterocycles. The van der Waals surface area contributed by atoms with Crippen molar-refractivity contribution >= 4 is 21.8 Å². The van der Waals surface area contributed by atoms with E-state index in [1.54, 1.807) is 25.3 Å². The van der Waals surface area contributed by atoms with Crippen molar-refractivity contribution in [2.24, 2.45) is 5.92 Å². The monoisotopic (exact) mass is 382 g/mol. The molecule has 1 saturated heterocycles. The van der Waals surface area contributed by atoms with Gasteiger partial charge in [0.15, 0.2) is 0 Å². The lowest BCUT2D eigenvalue weighted by atomic mass is 10.0. The van der Waals surface area contributed by atoms with Crippen LogP contribution in [-0.4, -0.2) is 44.1 Å². The van der Waals surface area contributed by atoms with Crippen molar-refractivity contribution in [3.05, 3.63) is 28.2 Å². The molecule has 5 heteroatoms. The summed E-state index contributed by atoms with van der Waals surface area (Å²) in [4.78, 5) is 14.7. The molecular formula is C18H27BrN2O2. The maximum atomic E-state index is 12.1. The Morgan fingerprint density at radius 3 is 2.96 bits per heavy atom. The summed E-state index contributed by atoms with van der Waals surface area (Å²) in [5.74, 6) is 1.54. The second kappa shape index (κ2) is 9.28. The van der Waals surface area contributed by atoms with Crippen LogP contribution in [0.3, 0.4) is 0 Å². The number of benzene rings is 1. The van der Waals surface area contributed by atoms with Crippen LogP contribution in [0.2, 0.25) is 0 Å². The lowest BCUT2D eigenvalue weighted by molar-refractivity contribution is 0.0952. The van der Waals surface area contributed by atoms with Crippen molar-refractivity contribution in [2.75, 3.05) is 33.3 Å². The van der Waals surface area contributed by atoms with Crippen LogP contribution in [0.1, 0.15) is 43.0 Å². The van der Waals surface area contributed by atoms with Gasteiger partial charge in [-0.2, -0.15) is 0 Å². The molecule has 1 amide bonds. The standard InChI is InChI=1S/C18H27BrN2O2/c1-14-6-5-11-21(13-14)10-4-3-9-20-18(22)15-7-8-17(23-2)16(19)12-15/h7-8,12,14H,3-6,9-11,13H2,1-2H3,(H,20,22). The van der Waals surface area contributed by atoms with E-state index < -0.39 is 0 Å². The lowest BCUT2D eigenvalue weighted by Crippen LogP contribution is -2.35. The minimum Gasteiger partial charge on any atom is -0.496 e. The highest BCUT2D eigenvalue weighted by molar-refractivity contribution is 9.10. The third-order valence-corrected chi connectivity index (χ3v) is 4.96. The molecule has 1 aromatic carbocycles. The van der Waals surface area contributed by atoms with Crippen LogP contribution >= 0.6 is 15.9 Å². The van der Waals surface area contributed by atoms with Gasteiger partial charge in [-0.25, -0.2) is 0 Å². The first-order valence-corrected chi connectivity index (χ1v) is 9.23. The van der Waals surface area contributed by atoms with Gasteiger partial charge in [-0.15, -0.1) is 0 Å². The fourth-order valence-electron chi connectivity index (χ4n) is 3.06. The zero-order valence-corrected chi connectivity index (χ0v) is 15.7. The fourth-order valence-corrected chi connectivity index (χ4v) is 3.60. The molecule has 1 unspecified atom stereocenters. The number of unbranched alkanes of at least 4 members (excludes halogenated alkanes) is 1. The number of hydrogen-bond acceptors (Lipinski definition) is 3. The Kier molecular flexibility index (Phi) is 7.37. The first-order valence-electron chi connectivity index (χ1n) is 8.44. The molecule has 1 atom stereocenters. The summed E-state index contributed by atoms with van der Waals surface area (Å²) in [5.41, 5.74) is 0.655. The first-order chi connectivity index (χ1) is 11.1. The molecule has 4 nitrogen and oxygen atoms in total. The summed E-state index contributed by atoms with van der Waals surface area (Å²) in [6.07, 6.45) is 4.85. The SMILES string of the molecule is COc1ccc(C(=O)NCCCCN2CCCC(C)C2)cc1Br. The molecular weight excluding hydrogens is 356 g/mol. The van der Waals surface area contributed by atoms with Crippen LogP contribution in [0.15, 0.2) is 22.7 Å². The van der Waals surface area contributed by atoms with E-state index in [0.717, 1.165) is 42.1 Å². The number of carbonyl (C=O) groups is 1. The third-order valence-electron chi connectivity index (χ3n) is 4.34. The van der Waals surface area contributed by atoms with E-state index in [4.69, 9.17) is 4.74 Å². The van der Waals surface area contributed by atoms with Crippen molar-refractivity contribution in [2.45, 2.75) is 32.6 Å². The van der Waals surface area contributed by atoms with Crippen molar-refractivity contribution < 1.29 is 9.53 Å². The van der Waals surface area contributed by atoms with Gasteiger partial charge in [0.25, 0.3) is 5.91 Å². The fraction of sp³-hybridized carbons (Fsp3) is 0.611. The number of nitrogens with zero attached hydrogens (tertiary/aromatic N) is 1. The van der Waals surface area contributed by atoms with Gasteiger partial charge in [-0.05, 0) is 78.8 Å². The quantitative estimate of drug-likeness (QED) is 0.730. The van der Waals surface area contributed by atoms with E-state index in [1.807, 2.05) is 0 Å². The van der Waals surface area contributed by atoms with E-state index in [1.165, 1.54) is 25.9 Å². The predicted octanol–water partition coefficient (Wildman–Crippen LogP) is 3.70. The van der Waals surface area contributed by atoms with Gasteiger partial charge in [0.1, 0.15) is 5.75 Å². The summed E-state index contributed by atoms with van der Waals surface area (Å²) in [5, 5.41) is 2.99. The molecule has 1 aliphatic heterocycles. The molecule has 1 aliphatic rings. The molecule has 2 rings (SSSR count). The number of halogens is 1. The second-order valence-electron chi connectivity index (χ2n) is 6.36. The van der Waals surface area contributed by atoms with E-state index in [-0.39, 0.29) is 5.91 Å². The minimum absolute atomic E-state index is 0.0278. The number of ether oxygens (including phenoxy) is 1. The number of amides is 1. The highest BCUT2D eigenvalue weighted by Crippen LogP contribution is 2.25. The average Bonchev–Trinajstić information content (AvgIpc) is 2.54. The number of likely N-dealkylation sites (tertiary alicyclic amines) is 1. The summed E-state index contributed by atoms with van der Waals surface area (Å²) < 4.78 is 5.97. The van der Waals surface area contributed by atoms with Gasteiger partial charge in [0, 0.05) is 18.7 Å². The molecule has 0 spiro atoms. The number of piperidine rings is 1. The minimum atomic E-state index is -0.0278. The maximum absolute atomic E-state index is 12.1. The molecule has 1 fully saturated rings. The van der Waals surface area contributed by atoms with Crippen LogP contribution in [0, 0.1) is 5.92 Å². The third kappa shape index (κ3) is 5.81. The zero-order chi connectivity index (χ0) is 16.7. The Labute approximate surface area is 147 Å². The average molecular weight is 383 g/mol. The van der Waals surface area contributed by atoms with Crippen LogP contribution in [-0.2, 0) is 0 Å². The highest BCUT2D eigenvalue weighted by atomic mass is 79.9. The smallest absolute Gasteiger partial charge is 0.251 e. The molecule has 23 heavy (non-hydrogen) atoms. The second-order valence-corrected chi connectivity index (χ2v) is 7.21. The Morgan fingerprint density at radius 2 is 2.26 bits per heavy atom. The molecule has 0 aliphatic carbocycles. The number of carbonyl (C=O) groups excluding carboxylic acids is 1. The van der Waals surface area contributed by atoms with Crippen LogP contribution in [0.25, 0.3) is 0 Å². The van der Waals surface area contributed by atoms with E-state index >= 15 is 0 Å². The topological polar surface area (TPSA) is 41.6 Å². The summed E-state index contributed by atoms with van der Waals surface area (Å²) in [7, 11) is 1.61. The molecule has 0 aromatic heterocycles. The maximum Gasteiger partial charge on any atom is 0.251 e. The number of methoxy groups -OCH3 is 1. The van der Waals surface area contributed by atoms with Crippen molar-refractivity contribution in [1.29, 1.82) is 0 Å². The molecule has 1 aromatic rings. The Morgan fingerprint density at radius 1 is 1.43 bits per heavy atom. The molecule has 0 radical (unpaired) electrons. The van der Waals surface area contributed by atoms with Gasteiger partial charge in [0.2, 0.25) is 0 Å². The molecule has 128 valence electrons. The molecule has 0 saturated carbocycles. The largest absolute Gasteiger partial charge is 0.496 e. The van der Waals surface area contributed by atoms with Crippen molar-refractivity contribution in [3.63, 3.8) is 0 Å². The van der Waals surface area contributed by atoms with Crippen LogP contribution in [0.4, 0.5) is 0 Å². The van der Waals surface area contributed by atoms with Gasteiger partial charge in [-0.3, -0.25) is 4.79 Å². The Bertz CT molecular complexity index is 522. The van der Waals surface area contributed by atoms with E-state index in [9.17, 15) is 4.79 Å². The normalized spacial score (nSPS) is 18.7.